The van der Waals surface area contributed by atoms with Crippen LogP contribution in [0.3, 0.4) is 0 Å². The lowest BCUT2D eigenvalue weighted by Crippen LogP contribution is -2.30. The average molecular weight is 347 g/mol. The van der Waals surface area contributed by atoms with E-state index >= 15 is 0 Å². The molecule has 0 aliphatic carbocycles. The number of halogens is 1. The summed E-state index contributed by atoms with van der Waals surface area (Å²) in [5.41, 5.74) is 2.02. The number of ether oxygens (including phenoxy) is 1. The average Bonchev–Trinajstić information content (AvgIpc) is 2.92. The van der Waals surface area contributed by atoms with Crippen molar-refractivity contribution in [2.24, 2.45) is 0 Å². The molecule has 0 saturated heterocycles. The molecule has 0 radical (unpaired) electrons. The minimum atomic E-state index is -1.07. The maximum absolute atomic E-state index is 11.2. The standard InChI is InChI=1S/C17H15ClN2O4/c1-10(17(21)22)24-20-15-9-12(18)5-8-14(15)19-16(20)11-3-6-13(23-2)7-4-11/h3-10H,1-2H3,(H,21,22)/t10-/m1/s1. The van der Waals surface area contributed by atoms with Gasteiger partial charge in [0.25, 0.3) is 0 Å². The zero-order valence-corrected chi connectivity index (χ0v) is 13.8. The molecule has 3 rings (SSSR count). The highest BCUT2D eigenvalue weighted by atomic mass is 35.5. The van der Waals surface area contributed by atoms with Crippen LogP contribution < -0.4 is 9.57 Å². The number of methoxy groups -OCH3 is 1. The summed E-state index contributed by atoms with van der Waals surface area (Å²) in [6.45, 7) is 1.45. The highest BCUT2D eigenvalue weighted by Crippen LogP contribution is 2.27. The summed E-state index contributed by atoms with van der Waals surface area (Å²) >= 11 is 6.06. The van der Waals surface area contributed by atoms with Crippen molar-refractivity contribution >= 4 is 28.6 Å². The van der Waals surface area contributed by atoms with Gasteiger partial charge >= 0.3 is 5.97 Å². The molecule has 0 spiro atoms. The Hall–Kier alpha value is -2.73. The van der Waals surface area contributed by atoms with E-state index in [0.29, 0.717) is 27.6 Å². The van der Waals surface area contributed by atoms with Crippen LogP contribution in [0.1, 0.15) is 6.92 Å². The monoisotopic (exact) mass is 346 g/mol. The number of carbonyl (C=O) groups is 1. The Labute approximate surface area is 143 Å². The molecule has 1 heterocycles. The molecule has 6 nitrogen and oxygen atoms in total. The molecular formula is C17H15ClN2O4. The van der Waals surface area contributed by atoms with E-state index < -0.39 is 12.1 Å². The number of rotatable bonds is 5. The molecule has 0 saturated carbocycles. The molecule has 1 N–H and O–H groups in total. The number of hydrogen-bond acceptors (Lipinski definition) is 4. The minimum Gasteiger partial charge on any atom is -0.497 e. The Bertz CT molecular complexity index is 889. The van der Waals surface area contributed by atoms with Gasteiger partial charge in [0.15, 0.2) is 5.82 Å². The van der Waals surface area contributed by atoms with E-state index in [0.717, 1.165) is 5.56 Å². The SMILES string of the molecule is COc1ccc(-c2nc3ccc(Cl)cc3n2O[C@H](C)C(=O)O)cc1. The number of carboxylic acids is 1. The van der Waals surface area contributed by atoms with E-state index in [9.17, 15) is 4.79 Å². The first-order valence-corrected chi connectivity index (χ1v) is 7.60. The summed E-state index contributed by atoms with van der Waals surface area (Å²) < 4.78 is 6.56. The lowest BCUT2D eigenvalue weighted by atomic mass is 10.2. The molecule has 2 aromatic carbocycles. The fourth-order valence-electron chi connectivity index (χ4n) is 2.26. The summed E-state index contributed by atoms with van der Waals surface area (Å²) in [4.78, 5) is 21.3. The van der Waals surface area contributed by atoms with Crippen molar-refractivity contribution in [1.82, 2.24) is 9.71 Å². The highest BCUT2D eigenvalue weighted by molar-refractivity contribution is 6.31. The molecule has 0 fully saturated rings. The van der Waals surface area contributed by atoms with Crippen molar-refractivity contribution in [3.05, 3.63) is 47.5 Å². The Morgan fingerprint density at radius 2 is 1.96 bits per heavy atom. The molecule has 0 unspecified atom stereocenters. The van der Waals surface area contributed by atoms with Crippen LogP contribution in [0, 0.1) is 0 Å². The van der Waals surface area contributed by atoms with Gasteiger partial charge in [-0.15, -0.1) is 0 Å². The number of aromatic nitrogens is 2. The van der Waals surface area contributed by atoms with Gasteiger partial charge in [0, 0.05) is 10.6 Å². The van der Waals surface area contributed by atoms with E-state index in [-0.39, 0.29) is 0 Å². The summed E-state index contributed by atoms with van der Waals surface area (Å²) in [7, 11) is 1.59. The smallest absolute Gasteiger partial charge is 0.347 e. The zero-order valence-electron chi connectivity index (χ0n) is 13.1. The Morgan fingerprint density at radius 1 is 1.25 bits per heavy atom. The fourth-order valence-corrected chi connectivity index (χ4v) is 2.43. The molecule has 3 aromatic rings. The third kappa shape index (κ3) is 3.00. The maximum atomic E-state index is 11.2. The predicted octanol–water partition coefficient (Wildman–Crippen LogP) is 3.27. The third-order valence-electron chi connectivity index (χ3n) is 3.53. The molecule has 0 aliphatic rings. The number of hydrogen-bond donors (Lipinski definition) is 1. The first-order valence-electron chi connectivity index (χ1n) is 7.22. The van der Waals surface area contributed by atoms with E-state index in [1.165, 1.54) is 11.7 Å². The van der Waals surface area contributed by atoms with Gasteiger partial charge in [-0.1, -0.05) is 11.6 Å². The van der Waals surface area contributed by atoms with Crippen LogP contribution in [0.5, 0.6) is 5.75 Å². The Morgan fingerprint density at radius 3 is 2.58 bits per heavy atom. The van der Waals surface area contributed by atoms with Gasteiger partial charge in [0.2, 0.25) is 6.10 Å². The normalized spacial score (nSPS) is 12.1. The zero-order chi connectivity index (χ0) is 17.3. The molecule has 0 amide bonds. The summed E-state index contributed by atoms with van der Waals surface area (Å²) in [5, 5.41) is 9.65. The Kier molecular flexibility index (Phi) is 4.31. The van der Waals surface area contributed by atoms with E-state index in [1.807, 2.05) is 12.1 Å². The van der Waals surface area contributed by atoms with Gasteiger partial charge in [-0.2, -0.15) is 4.73 Å². The fraction of sp³-hybridized carbons (Fsp3) is 0.176. The number of imidazole rings is 1. The van der Waals surface area contributed by atoms with Gasteiger partial charge in [-0.05, 0) is 49.4 Å². The predicted molar refractivity (Wildman–Crippen MR) is 90.4 cm³/mol. The second kappa shape index (κ2) is 6.41. The van der Waals surface area contributed by atoms with Crippen molar-refractivity contribution < 1.29 is 19.5 Å². The number of fused-ring (bicyclic) bond motifs is 1. The maximum Gasteiger partial charge on any atom is 0.347 e. The lowest BCUT2D eigenvalue weighted by Gasteiger charge is -2.14. The van der Waals surface area contributed by atoms with Gasteiger partial charge < -0.3 is 14.7 Å². The molecule has 124 valence electrons. The molecule has 7 heteroatoms. The minimum absolute atomic E-state index is 0.489. The van der Waals surface area contributed by atoms with Crippen LogP contribution in [0.25, 0.3) is 22.4 Å². The third-order valence-corrected chi connectivity index (χ3v) is 3.77. The molecule has 1 atom stereocenters. The first kappa shape index (κ1) is 16.1. The number of carboxylic acid groups (broad SMARTS) is 1. The molecule has 1 aromatic heterocycles. The van der Waals surface area contributed by atoms with Crippen LogP contribution in [0.15, 0.2) is 42.5 Å². The van der Waals surface area contributed by atoms with Crippen LogP contribution in [0.2, 0.25) is 5.02 Å². The van der Waals surface area contributed by atoms with Gasteiger partial charge in [-0.3, -0.25) is 0 Å². The molecular weight excluding hydrogens is 332 g/mol. The summed E-state index contributed by atoms with van der Waals surface area (Å²) in [5.74, 6) is 0.131. The Balaban J connectivity index is 2.15. The number of benzene rings is 2. The molecule has 0 bridgehead atoms. The molecule has 0 aliphatic heterocycles. The van der Waals surface area contributed by atoms with Crippen molar-refractivity contribution in [1.29, 1.82) is 0 Å². The van der Waals surface area contributed by atoms with Crippen molar-refractivity contribution in [3.8, 4) is 17.1 Å². The quantitative estimate of drug-likeness (QED) is 0.767. The van der Waals surface area contributed by atoms with Crippen LogP contribution >= 0.6 is 11.6 Å². The van der Waals surface area contributed by atoms with Crippen LogP contribution in [0.4, 0.5) is 0 Å². The summed E-state index contributed by atoms with van der Waals surface area (Å²) in [6, 6.07) is 12.4. The second-order valence-electron chi connectivity index (χ2n) is 5.18. The van der Waals surface area contributed by atoms with Gasteiger partial charge in [0.05, 0.1) is 12.6 Å². The van der Waals surface area contributed by atoms with Gasteiger partial charge in [-0.25, -0.2) is 9.78 Å². The number of nitrogens with zero attached hydrogens (tertiary/aromatic N) is 2. The van der Waals surface area contributed by atoms with Crippen LogP contribution in [-0.2, 0) is 4.79 Å². The van der Waals surface area contributed by atoms with E-state index in [4.69, 9.17) is 26.3 Å². The highest BCUT2D eigenvalue weighted by Gasteiger charge is 2.20. The topological polar surface area (TPSA) is 73.6 Å². The summed E-state index contributed by atoms with van der Waals surface area (Å²) in [6.07, 6.45) is -1.04. The van der Waals surface area contributed by atoms with E-state index in [2.05, 4.69) is 4.98 Å². The molecule has 24 heavy (non-hydrogen) atoms. The van der Waals surface area contributed by atoms with Crippen LogP contribution in [-0.4, -0.2) is 34.0 Å². The van der Waals surface area contributed by atoms with Crippen molar-refractivity contribution in [2.75, 3.05) is 7.11 Å². The van der Waals surface area contributed by atoms with Crippen molar-refractivity contribution in [3.63, 3.8) is 0 Å². The second-order valence-corrected chi connectivity index (χ2v) is 5.61. The van der Waals surface area contributed by atoms with Crippen molar-refractivity contribution in [2.45, 2.75) is 13.0 Å². The van der Waals surface area contributed by atoms with Gasteiger partial charge in [0.1, 0.15) is 11.3 Å². The number of aliphatic carboxylic acids is 1. The largest absolute Gasteiger partial charge is 0.497 e. The lowest BCUT2D eigenvalue weighted by molar-refractivity contribution is -0.148. The van der Waals surface area contributed by atoms with E-state index in [1.54, 1.807) is 37.4 Å². The first-order chi connectivity index (χ1) is 11.5.